The van der Waals surface area contributed by atoms with Crippen molar-refractivity contribution in [2.75, 3.05) is 7.11 Å². The van der Waals surface area contributed by atoms with Gasteiger partial charge in [0.2, 0.25) is 0 Å². The van der Waals surface area contributed by atoms with Crippen LogP contribution in [0.1, 0.15) is 25.0 Å². The number of aryl methyl sites for hydroxylation is 1. The summed E-state index contributed by atoms with van der Waals surface area (Å²) in [7, 11) is 1.62. The van der Waals surface area contributed by atoms with E-state index in [1.807, 2.05) is 73.7 Å². The topological polar surface area (TPSA) is 59.4 Å². The summed E-state index contributed by atoms with van der Waals surface area (Å²) < 4.78 is 6.79. The molecule has 3 aromatic carbocycles. The lowest BCUT2D eigenvalue weighted by Gasteiger charge is -2.04. The molecule has 0 aliphatic heterocycles. The molecule has 0 saturated heterocycles. The van der Waals surface area contributed by atoms with Crippen LogP contribution in [0.4, 0.5) is 5.69 Å². The third-order valence-corrected chi connectivity index (χ3v) is 5.29. The van der Waals surface area contributed by atoms with Crippen molar-refractivity contribution in [2.45, 2.75) is 20.3 Å². The minimum Gasteiger partial charge on any atom is -0.497 e. The van der Waals surface area contributed by atoms with Crippen molar-refractivity contribution >= 4 is 11.4 Å². The monoisotopic (exact) mass is 411 g/mol. The highest BCUT2D eigenvalue weighted by atomic mass is 16.5. The average Bonchev–Trinajstić information content (AvgIpc) is 3.17. The van der Waals surface area contributed by atoms with E-state index in [-0.39, 0.29) is 5.56 Å². The van der Waals surface area contributed by atoms with Crippen LogP contribution in [0.2, 0.25) is 0 Å². The molecule has 0 bridgehead atoms. The Labute approximate surface area is 181 Å². The summed E-state index contributed by atoms with van der Waals surface area (Å²) in [6.45, 7) is 4.00. The molecule has 31 heavy (non-hydrogen) atoms. The first-order chi connectivity index (χ1) is 15.1. The lowest BCUT2D eigenvalue weighted by Crippen LogP contribution is -2.19. The molecule has 0 spiro atoms. The van der Waals surface area contributed by atoms with Gasteiger partial charge in [0, 0.05) is 5.56 Å². The number of aliphatic imine (C=N–C) groups is 1. The van der Waals surface area contributed by atoms with Crippen LogP contribution in [0.3, 0.4) is 0 Å². The summed E-state index contributed by atoms with van der Waals surface area (Å²) >= 11 is 0. The highest BCUT2D eigenvalue weighted by Gasteiger charge is 2.19. The number of aromatic amines is 1. The molecule has 0 unspecified atom stereocenters. The van der Waals surface area contributed by atoms with E-state index in [1.54, 1.807) is 11.8 Å². The number of nitrogens with zero attached hydrogens (tertiary/aromatic N) is 2. The zero-order chi connectivity index (χ0) is 21.8. The molecular weight excluding hydrogens is 386 g/mol. The van der Waals surface area contributed by atoms with E-state index in [0.29, 0.717) is 11.3 Å². The SMILES string of the molecule is CCc1ccc(N=C(C)c2c(-c3ccccc3)[nH]n(-c3ccc(OC)cc3)c2=O)cc1. The van der Waals surface area contributed by atoms with Crippen molar-refractivity contribution in [1.82, 2.24) is 9.78 Å². The predicted molar refractivity (Wildman–Crippen MR) is 126 cm³/mol. The molecule has 1 aromatic heterocycles. The molecule has 156 valence electrons. The van der Waals surface area contributed by atoms with Gasteiger partial charge < -0.3 is 4.74 Å². The fourth-order valence-electron chi connectivity index (χ4n) is 3.56. The van der Waals surface area contributed by atoms with Crippen molar-refractivity contribution in [2.24, 2.45) is 4.99 Å². The lowest BCUT2D eigenvalue weighted by molar-refractivity contribution is 0.414. The second-order valence-electron chi connectivity index (χ2n) is 7.28. The summed E-state index contributed by atoms with van der Waals surface area (Å²) in [5.74, 6) is 0.736. The Balaban J connectivity index is 1.85. The van der Waals surface area contributed by atoms with Gasteiger partial charge in [0.15, 0.2) is 0 Å². The van der Waals surface area contributed by atoms with Gasteiger partial charge >= 0.3 is 0 Å². The normalized spacial score (nSPS) is 11.5. The third kappa shape index (κ3) is 4.21. The van der Waals surface area contributed by atoms with Crippen LogP contribution in [0.15, 0.2) is 88.6 Å². The Morgan fingerprint density at radius 3 is 2.26 bits per heavy atom. The molecule has 0 aliphatic rings. The molecule has 1 N–H and O–H groups in total. The number of H-pyrrole nitrogens is 1. The van der Waals surface area contributed by atoms with Crippen LogP contribution in [0.25, 0.3) is 16.9 Å². The lowest BCUT2D eigenvalue weighted by atomic mass is 10.1. The number of aromatic nitrogens is 2. The Bertz CT molecular complexity index is 1250. The summed E-state index contributed by atoms with van der Waals surface area (Å²) in [4.78, 5) is 18.2. The van der Waals surface area contributed by atoms with Crippen molar-refractivity contribution in [3.8, 4) is 22.7 Å². The molecule has 0 saturated carbocycles. The number of hydrogen-bond acceptors (Lipinski definition) is 3. The van der Waals surface area contributed by atoms with Crippen LogP contribution < -0.4 is 10.3 Å². The first-order valence-corrected chi connectivity index (χ1v) is 10.3. The fourth-order valence-corrected chi connectivity index (χ4v) is 3.56. The largest absolute Gasteiger partial charge is 0.497 e. The van der Waals surface area contributed by atoms with Crippen molar-refractivity contribution in [1.29, 1.82) is 0 Å². The van der Waals surface area contributed by atoms with Crippen molar-refractivity contribution in [3.05, 3.63) is 100 Å². The smallest absolute Gasteiger partial charge is 0.280 e. The van der Waals surface area contributed by atoms with E-state index in [1.165, 1.54) is 5.56 Å². The van der Waals surface area contributed by atoms with E-state index in [4.69, 9.17) is 9.73 Å². The number of methoxy groups -OCH3 is 1. The maximum atomic E-state index is 13.5. The number of nitrogens with one attached hydrogen (secondary N) is 1. The van der Waals surface area contributed by atoms with E-state index in [2.05, 4.69) is 24.2 Å². The number of hydrogen-bond donors (Lipinski definition) is 1. The van der Waals surface area contributed by atoms with Crippen LogP contribution in [0, 0.1) is 0 Å². The van der Waals surface area contributed by atoms with E-state index in [9.17, 15) is 4.79 Å². The maximum absolute atomic E-state index is 13.5. The van der Waals surface area contributed by atoms with Gasteiger partial charge in [-0.05, 0) is 55.3 Å². The summed E-state index contributed by atoms with van der Waals surface area (Å²) in [5.41, 5.74) is 5.56. The Morgan fingerprint density at radius 1 is 0.968 bits per heavy atom. The van der Waals surface area contributed by atoms with Crippen LogP contribution in [0.5, 0.6) is 5.75 Å². The van der Waals surface area contributed by atoms with E-state index < -0.39 is 0 Å². The fraction of sp³-hybridized carbons (Fsp3) is 0.154. The van der Waals surface area contributed by atoms with E-state index in [0.717, 1.165) is 34.8 Å². The Hall–Kier alpha value is -3.86. The molecule has 0 fully saturated rings. The number of rotatable bonds is 6. The first-order valence-electron chi connectivity index (χ1n) is 10.3. The minimum absolute atomic E-state index is 0.143. The second kappa shape index (κ2) is 8.88. The van der Waals surface area contributed by atoms with Gasteiger partial charge in [0.1, 0.15) is 5.75 Å². The second-order valence-corrected chi connectivity index (χ2v) is 7.28. The van der Waals surface area contributed by atoms with Gasteiger partial charge in [-0.15, -0.1) is 0 Å². The summed E-state index contributed by atoms with van der Waals surface area (Å²) in [6.07, 6.45) is 0.978. The molecule has 0 radical (unpaired) electrons. The molecule has 5 heteroatoms. The molecule has 0 atom stereocenters. The van der Waals surface area contributed by atoms with Crippen molar-refractivity contribution in [3.63, 3.8) is 0 Å². The quantitative estimate of drug-likeness (QED) is 0.423. The van der Waals surface area contributed by atoms with Crippen LogP contribution in [-0.4, -0.2) is 22.6 Å². The standard InChI is InChI=1S/C26H25N3O2/c1-4-19-10-12-21(13-11-19)27-18(2)24-25(20-8-6-5-7-9-20)28-29(26(24)30)22-14-16-23(31-3)17-15-22/h5-17,28H,4H2,1-3H3. The zero-order valence-electron chi connectivity index (χ0n) is 17.9. The molecule has 1 heterocycles. The summed E-state index contributed by atoms with van der Waals surface area (Å²) in [6, 6.07) is 25.3. The molecule has 4 rings (SSSR count). The van der Waals surface area contributed by atoms with Crippen LogP contribution in [-0.2, 0) is 6.42 Å². The highest BCUT2D eigenvalue weighted by Crippen LogP contribution is 2.24. The number of benzene rings is 3. The minimum atomic E-state index is -0.143. The summed E-state index contributed by atoms with van der Waals surface area (Å²) in [5, 5.41) is 3.29. The molecular formula is C26H25N3O2. The predicted octanol–water partition coefficient (Wildman–Crippen LogP) is 5.54. The van der Waals surface area contributed by atoms with E-state index >= 15 is 0 Å². The average molecular weight is 412 g/mol. The molecule has 5 nitrogen and oxygen atoms in total. The maximum Gasteiger partial charge on any atom is 0.280 e. The van der Waals surface area contributed by atoms with Crippen molar-refractivity contribution < 1.29 is 4.74 Å². The molecule has 0 amide bonds. The Kier molecular flexibility index (Phi) is 5.85. The molecule has 4 aromatic rings. The van der Waals surface area contributed by atoms with Crippen LogP contribution >= 0.6 is 0 Å². The van der Waals surface area contributed by atoms with Gasteiger partial charge in [-0.2, -0.15) is 0 Å². The first kappa shape index (κ1) is 20.4. The Morgan fingerprint density at radius 2 is 1.65 bits per heavy atom. The van der Waals surface area contributed by atoms with Gasteiger partial charge in [0.05, 0.1) is 35.5 Å². The molecule has 0 aliphatic carbocycles. The third-order valence-electron chi connectivity index (χ3n) is 5.29. The van der Waals surface area contributed by atoms with Gasteiger partial charge in [0.25, 0.3) is 5.56 Å². The number of ether oxygens (including phenoxy) is 1. The zero-order valence-corrected chi connectivity index (χ0v) is 17.9. The van der Waals surface area contributed by atoms with Gasteiger partial charge in [-0.3, -0.25) is 14.9 Å². The van der Waals surface area contributed by atoms with Gasteiger partial charge in [-0.1, -0.05) is 49.4 Å². The highest BCUT2D eigenvalue weighted by molar-refractivity contribution is 6.04. The van der Waals surface area contributed by atoms with Gasteiger partial charge in [-0.25, -0.2) is 4.68 Å².